The highest BCUT2D eigenvalue weighted by Crippen LogP contribution is 2.57. The van der Waals surface area contributed by atoms with E-state index in [1.807, 2.05) is 26.8 Å². The van der Waals surface area contributed by atoms with Gasteiger partial charge in [-0.15, -0.1) is 0 Å². The number of rotatable bonds is 2. The maximum atomic E-state index is 13.7. The summed E-state index contributed by atoms with van der Waals surface area (Å²) in [5.74, 6) is 0.504. The van der Waals surface area contributed by atoms with Gasteiger partial charge in [0.25, 0.3) is 0 Å². The minimum absolute atomic E-state index is 0.0329. The number of likely N-dealkylation sites (tertiary alicyclic amines) is 1. The van der Waals surface area contributed by atoms with Crippen molar-refractivity contribution in [3.05, 3.63) is 29.3 Å². The average molecular weight is 442 g/mol. The van der Waals surface area contributed by atoms with Crippen molar-refractivity contribution >= 4 is 11.9 Å². The number of hydrogen-bond acceptors (Lipinski definition) is 3. The zero-order chi connectivity index (χ0) is 23.5. The molecule has 6 heteroatoms. The number of phenols is 1. The number of fused-ring (bicyclic) bond motifs is 4. The fourth-order valence-corrected chi connectivity index (χ4v) is 6.32. The van der Waals surface area contributed by atoms with Gasteiger partial charge in [0.2, 0.25) is 5.91 Å². The van der Waals surface area contributed by atoms with Gasteiger partial charge in [0, 0.05) is 35.5 Å². The number of urea groups is 1. The molecule has 1 heterocycles. The van der Waals surface area contributed by atoms with Crippen LogP contribution in [0.1, 0.15) is 78.4 Å². The summed E-state index contributed by atoms with van der Waals surface area (Å²) in [5.41, 5.74) is 1.78. The Morgan fingerprint density at radius 1 is 1.16 bits per heavy atom. The van der Waals surface area contributed by atoms with Crippen molar-refractivity contribution in [3.8, 4) is 5.75 Å². The number of nitrogens with zero attached hydrogens (tertiary/aromatic N) is 1. The van der Waals surface area contributed by atoms with E-state index >= 15 is 0 Å². The second kappa shape index (κ2) is 7.67. The number of carbonyl (C=O) groups is 2. The monoisotopic (exact) mass is 441 g/mol. The number of nitrogens with one attached hydrogen (secondary N) is 2. The van der Waals surface area contributed by atoms with E-state index in [-0.39, 0.29) is 46.3 Å². The zero-order valence-electron chi connectivity index (χ0n) is 20.4. The molecule has 1 aromatic rings. The summed E-state index contributed by atoms with van der Waals surface area (Å²) in [5, 5.41) is 16.6. The third-order valence-corrected chi connectivity index (χ3v) is 8.52. The number of piperidine rings is 1. The van der Waals surface area contributed by atoms with Crippen LogP contribution in [0, 0.1) is 11.3 Å². The Labute approximate surface area is 192 Å². The first-order valence-corrected chi connectivity index (χ1v) is 12.0. The lowest BCUT2D eigenvalue weighted by molar-refractivity contribution is -0.148. The predicted molar refractivity (Wildman–Crippen MR) is 126 cm³/mol. The van der Waals surface area contributed by atoms with E-state index < -0.39 is 0 Å². The molecule has 2 bridgehead atoms. The molecule has 1 aliphatic heterocycles. The maximum absolute atomic E-state index is 13.7. The summed E-state index contributed by atoms with van der Waals surface area (Å²) in [6.07, 6.45) is 3.91. The van der Waals surface area contributed by atoms with Gasteiger partial charge in [0.05, 0.1) is 0 Å². The third kappa shape index (κ3) is 3.75. The molecule has 4 rings (SSSR count). The SMILES string of the molecule is CC(C)(C)NC(=O)NC1CC[C@@H](C(=O)N2CC[C@@]3(C)c4cccc(O)c4C[C@@H]2C3(C)C)C1. The van der Waals surface area contributed by atoms with Crippen LogP contribution in [0.2, 0.25) is 0 Å². The molecular weight excluding hydrogens is 402 g/mol. The fourth-order valence-electron chi connectivity index (χ4n) is 6.32. The number of benzene rings is 1. The Morgan fingerprint density at radius 3 is 2.56 bits per heavy atom. The normalized spacial score (nSPS) is 31.1. The van der Waals surface area contributed by atoms with Crippen molar-refractivity contribution in [1.29, 1.82) is 0 Å². The van der Waals surface area contributed by atoms with E-state index in [1.54, 1.807) is 6.07 Å². The van der Waals surface area contributed by atoms with Gasteiger partial charge in [0.1, 0.15) is 5.75 Å². The minimum atomic E-state index is -0.285. The molecule has 1 saturated heterocycles. The van der Waals surface area contributed by atoms with Gasteiger partial charge >= 0.3 is 6.03 Å². The van der Waals surface area contributed by atoms with Crippen molar-refractivity contribution in [2.45, 2.75) is 96.7 Å². The van der Waals surface area contributed by atoms with E-state index in [9.17, 15) is 14.7 Å². The molecule has 1 unspecified atom stereocenters. The van der Waals surface area contributed by atoms with Crippen LogP contribution in [0.15, 0.2) is 18.2 Å². The molecule has 4 atom stereocenters. The average Bonchev–Trinajstić information content (AvgIpc) is 3.11. The van der Waals surface area contributed by atoms with Gasteiger partial charge in [-0.2, -0.15) is 0 Å². The Balaban J connectivity index is 1.49. The van der Waals surface area contributed by atoms with Crippen LogP contribution in [0.3, 0.4) is 0 Å². The van der Waals surface area contributed by atoms with Gasteiger partial charge in [0.15, 0.2) is 0 Å². The van der Waals surface area contributed by atoms with Gasteiger partial charge in [-0.3, -0.25) is 4.79 Å². The Hall–Kier alpha value is -2.24. The van der Waals surface area contributed by atoms with Gasteiger partial charge in [-0.05, 0) is 75.5 Å². The molecule has 2 aliphatic carbocycles. The van der Waals surface area contributed by atoms with E-state index in [4.69, 9.17) is 0 Å². The highest BCUT2D eigenvalue weighted by Gasteiger charge is 2.57. The van der Waals surface area contributed by atoms with Crippen LogP contribution in [0.25, 0.3) is 0 Å². The molecule has 1 aromatic carbocycles. The first-order chi connectivity index (χ1) is 14.8. The lowest BCUT2D eigenvalue weighted by Gasteiger charge is -2.61. The van der Waals surface area contributed by atoms with Crippen molar-refractivity contribution in [2.75, 3.05) is 6.54 Å². The lowest BCUT2D eigenvalue weighted by Crippen LogP contribution is -2.65. The van der Waals surface area contributed by atoms with Crippen LogP contribution in [0.4, 0.5) is 4.79 Å². The van der Waals surface area contributed by atoms with Crippen molar-refractivity contribution < 1.29 is 14.7 Å². The molecule has 0 aromatic heterocycles. The summed E-state index contributed by atoms with van der Waals surface area (Å²) in [6.45, 7) is 13.5. The van der Waals surface area contributed by atoms with Crippen molar-refractivity contribution in [3.63, 3.8) is 0 Å². The van der Waals surface area contributed by atoms with Gasteiger partial charge in [-0.25, -0.2) is 4.79 Å². The minimum Gasteiger partial charge on any atom is -0.508 e. The van der Waals surface area contributed by atoms with Crippen LogP contribution < -0.4 is 10.6 Å². The van der Waals surface area contributed by atoms with E-state index in [0.29, 0.717) is 18.6 Å². The van der Waals surface area contributed by atoms with Crippen LogP contribution in [-0.2, 0) is 16.6 Å². The molecule has 176 valence electrons. The van der Waals surface area contributed by atoms with E-state index in [1.165, 1.54) is 5.56 Å². The molecule has 0 radical (unpaired) electrons. The highest BCUT2D eigenvalue weighted by atomic mass is 16.3. The summed E-state index contributed by atoms with van der Waals surface area (Å²) in [6, 6.07) is 5.79. The second-order valence-corrected chi connectivity index (χ2v) is 11.9. The fraction of sp³-hybridized carbons (Fsp3) is 0.692. The van der Waals surface area contributed by atoms with Crippen LogP contribution in [0.5, 0.6) is 5.75 Å². The smallest absolute Gasteiger partial charge is 0.315 e. The number of phenolic OH excluding ortho intramolecular Hbond substituents is 1. The maximum Gasteiger partial charge on any atom is 0.315 e. The lowest BCUT2D eigenvalue weighted by atomic mass is 9.51. The number of hydrogen-bond donors (Lipinski definition) is 3. The Bertz CT molecular complexity index is 919. The standard InChI is InChI=1S/C26H39N3O3/c1-24(2,3)28-23(32)27-17-11-10-16(14-17)22(31)29-13-12-26(6)19-8-7-9-20(30)18(19)15-21(29)25(26,4)5/h7-9,16-17,21,30H,10-15H2,1-6H3,(H2,27,28,32)/t16-,17?,21-,26+/m1/s1. The molecule has 3 aliphatic rings. The largest absolute Gasteiger partial charge is 0.508 e. The molecule has 1 saturated carbocycles. The molecule has 3 amide bonds. The van der Waals surface area contributed by atoms with Crippen LogP contribution >= 0.6 is 0 Å². The predicted octanol–water partition coefficient (Wildman–Crippen LogP) is 4.10. The van der Waals surface area contributed by atoms with Gasteiger partial charge < -0.3 is 20.6 Å². The van der Waals surface area contributed by atoms with Gasteiger partial charge in [-0.1, -0.05) is 32.9 Å². The highest BCUT2D eigenvalue weighted by molar-refractivity contribution is 5.81. The topological polar surface area (TPSA) is 81.7 Å². The first-order valence-electron chi connectivity index (χ1n) is 12.0. The molecule has 3 N–H and O–H groups in total. The first kappa shape index (κ1) is 22.9. The Morgan fingerprint density at radius 2 is 1.88 bits per heavy atom. The zero-order valence-corrected chi connectivity index (χ0v) is 20.4. The van der Waals surface area contributed by atoms with E-state index in [0.717, 1.165) is 31.4 Å². The second-order valence-electron chi connectivity index (χ2n) is 11.9. The molecule has 2 fully saturated rings. The van der Waals surface area contributed by atoms with E-state index in [2.05, 4.69) is 42.4 Å². The summed E-state index contributed by atoms with van der Waals surface area (Å²) < 4.78 is 0. The number of carbonyl (C=O) groups excluding carboxylic acids is 2. The molecular formula is C26H39N3O3. The third-order valence-electron chi connectivity index (χ3n) is 8.52. The molecule has 0 spiro atoms. The van der Waals surface area contributed by atoms with Crippen molar-refractivity contribution in [1.82, 2.24) is 15.5 Å². The summed E-state index contributed by atoms with van der Waals surface area (Å²) >= 11 is 0. The number of aromatic hydroxyl groups is 1. The summed E-state index contributed by atoms with van der Waals surface area (Å²) in [7, 11) is 0. The van der Waals surface area contributed by atoms with Crippen molar-refractivity contribution in [2.24, 2.45) is 11.3 Å². The summed E-state index contributed by atoms with van der Waals surface area (Å²) in [4.78, 5) is 28.0. The molecule has 6 nitrogen and oxygen atoms in total. The van der Waals surface area contributed by atoms with Crippen LogP contribution in [-0.4, -0.2) is 46.1 Å². The molecule has 32 heavy (non-hydrogen) atoms. The quantitative estimate of drug-likeness (QED) is 0.646. The number of amides is 3. The Kier molecular flexibility index (Phi) is 5.50.